The van der Waals surface area contributed by atoms with Gasteiger partial charge >= 0.3 is 0 Å². The van der Waals surface area contributed by atoms with Gasteiger partial charge < -0.3 is 11.1 Å². The third kappa shape index (κ3) is 5.33. The quantitative estimate of drug-likeness (QED) is 0.873. The maximum Gasteiger partial charge on any atom is 0.222 e. The SMILES string of the molecule is CCC1CCCCC1NC(=O)CC(N)c1ccccc1.Cl. The van der Waals surface area contributed by atoms with E-state index in [1.807, 2.05) is 30.3 Å². The standard InChI is InChI=1S/C17H26N2O.ClH/c1-2-13-8-6-7-11-16(13)19-17(20)12-15(18)14-9-4-3-5-10-14;/h3-5,9-10,13,15-16H,2,6-8,11-12,18H2,1H3,(H,19,20);1H. The van der Waals surface area contributed by atoms with Crippen LogP contribution in [0, 0.1) is 5.92 Å². The molecule has 21 heavy (non-hydrogen) atoms. The molecule has 0 saturated heterocycles. The Labute approximate surface area is 134 Å². The highest BCUT2D eigenvalue weighted by Crippen LogP contribution is 2.27. The van der Waals surface area contributed by atoms with Crippen LogP contribution < -0.4 is 11.1 Å². The molecule has 0 heterocycles. The van der Waals surface area contributed by atoms with Crippen molar-refractivity contribution in [3.05, 3.63) is 35.9 Å². The molecule has 0 bridgehead atoms. The number of nitrogens with one attached hydrogen (secondary N) is 1. The van der Waals surface area contributed by atoms with E-state index in [-0.39, 0.29) is 24.4 Å². The number of hydrogen-bond acceptors (Lipinski definition) is 2. The van der Waals surface area contributed by atoms with Crippen molar-refractivity contribution in [2.24, 2.45) is 11.7 Å². The van der Waals surface area contributed by atoms with Crippen LogP contribution in [0.2, 0.25) is 0 Å². The molecular weight excluding hydrogens is 284 g/mol. The Morgan fingerprint density at radius 3 is 2.62 bits per heavy atom. The van der Waals surface area contributed by atoms with Crippen LogP contribution in [0.15, 0.2) is 30.3 Å². The summed E-state index contributed by atoms with van der Waals surface area (Å²) in [5.74, 6) is 0.729. The molecular formula is C17H27ClN2O. The first-order chi connectivity index (χ1) is 9.70. The van der Waals surface area contributed by atoms with E-state index < -0.39 is 0 Å². The Bertz CT molecular complexity index is 424. The van der Waals surface area contributed by atoms with Gasteiger partial charge in [-0.05, 0) is 24.3 Å². The lowest BCUT2D eigenvalue weighted by Crippen LogP contribution is -2.42. The number of benzene rings is 1. The van der Waals surface area contributed by atoms with Crippen molar-refractivity contribution in [3.63, 3.8) is 0 Å². The van der Waals surface area contributed by atoms with Crippen LogP contribution in [0.4, 0.5) is 0 Å². The molecule has 3 atom stereocenters. The van der Waals surface area contributed by atoms with Crippen molar-refractivity contribution < 1.29 is 4.79 Å². The lowest BCUT2D eigenvalue weighted by Gasteiger charge is -2.31. The summed E-state index contributed by atoms with van der Waals surface area (Å²) in [5.41, 5.74) is 7.13. The molecule has 1 fully saturated rings. The summed E-state index contributed by atoms with van der Waals surface area (Å²) < 4.78 is 0. The number of carbonyl (C=O) groups is 1. The van der Waals surface area contributed by atoms with Gasteiger partial charge in [0.15, 0.2) is 0 Å². The molecule has 1 saturated carbocycles. The predicted molar refractivity (Wildman–Crippen MR) is 89.4 cm³/mol. The fraction of sp³-hybridized carbons (Fsp3) is 0.588. The van der Waals surface area contributed by atoms with Crippen LogP contribution in [0.5, 0.6) is 0 Å². The maximum absolute atomic E-state index is 12.2. The van der Waals surface area contributed by atoms with E-state index >= 15 is 0 Å². The average molecular weight is 311 g/mol. The van der Waals surface area contributed by atoms with Gasteiger partial charge in [0.1, 0.15) is 0 Å². The predicted octanol–water partition coefficient (Wildman–Crippen LogP) is 3.58. The van der Waals surface area contributed by atoms with Crippen LogP contribution in [0.25, 0.3) is 0 Å². The lowest BCUT2D eigenvalue weighted by molar-refractivity contribution is -0.122. The first-order valence-corrected chi connectivity index (χ1v) is 7.80. The van der Waals surface area contributed by atoms with E-state index in [0.29, 0.717) is 18.4 Å². The van der Waals surface area contributed by atoms with E-state index in [4.69, 9.17) is 5.73 Å². The number of hydrogen-bond donors (Lipinski definition) is 2. The highest BCUT2D eigenvalue weighted by atomic mass is 35.5. The van der Waals surface area contributed by atoms with E-state index in [1.165, 1.54) is 19.3 Å². The van der Waals surface area contributed by atoms with Crippen LogP contribution >= 0.6 is 12.4 Å². The van der Waals surface area contributed by atoms with Crippen molar-refractivity contribution in [2.45, 2.75) is 57.5 Å². The van der Waals surface area contributed by atoms with Gasteiger partial charge in [0.2, 0.25) is 5.91 Å². The van der Waals surface area contributed by atoms with Gasteiger partial charge in [0.05, 0.1) is 0 Å². The van der Waals surface area contributed by atoms with E-state index in [1.54, 1.807) is 0 Å². The molecule has 0 spiro atoms. The highest BCUT2D eigenvalue weighted by molar-refractivity contribution is 5.85. The zero-order valence-corrected chi connectivity index (χ0v) is 13.6. The second-order valence-electron chi connectivity index (χ2n) is 5.85. The third-order valence-electron chi connectivity index (χ3n) is 4.41. The molecule has 1 aliphatic rings. The molecule has 1 aromatic rings. The molecule has 3 unspecified atom stereocenters. The lowest BCUT2D eigenvalue weighted by atomic mass is 9.83. The largest absolute Gasteiger partial charge is 0.353 e. The number of carbonyl (C=O) groups excluding carboxylic acids is 1. The van der Waals surface area contributed by atoms with Gasteiger partial charge in [-0.15, -0.1) is 12.4 Å². The molecule has 1 aliphatic carbocycles. The summed E-state index contributed by atoms with van der Waals surface area (Å²) in [5, 5.41) is 3.20. The number of halogens is 1. The van der Waals surface area contributed by atoms with E-state index in [2.05, 4.69) is 12.2 Å². The molecule has 0 aromatic heterocycles. The van der Waals surface area contributed by atoms with Gasteiger partial charge in [-0.1, -0.05) is 56.5 Å². The Morgan fingerprint density at radius 1 is 1.29 bits per heavy atom. The van der Waals surface area contributed by atoms with Gasteiger partial charge in [-0.3, -0.25) is 4.79 Å². The Morgan fingerprint density at radius 2 is 1.95 bits per heavy atom. The summed E-state index contributed by atoms with van der Waals surface area (Å²) >= 11 is 0. The van der Waals surface area contributed by atoms with Crippen molar-refractivity contribution in [2.75, 3.05) is 0 Å². The van der Waals surface area contributed by atoms with Crippen LogP contribution in [-0.2, 0) is 4.79 Å². The van der Waals surface area contributed by atoms with Crippen molar-refractivity contribution in [3.8, 4) is 0 Å². The van der Waals surface area contributed by atoms with Gasteiger partial charge in [0.25, 0.3) is 0 Å². The molecule has 3 nitrogen and oxygen atoms in total. The third-order valence-corrected chi connectivity index (χ3v) is 4.41. The first-order valence-electron chi connectivity index (χ1n) is 7.80. The smallest absolute Gasteiger partial charge is 0.222 e. The molecule has 4 heteroatoms. The second kappa shape index (κ2) is 9.06. The summed E-state index contributed by atoms with van der Waals surface area (Å²) in [4.78, 5) is 12.2. The van der Waals surface area contributed by atoms with Crippen LogP contribution in [0.3, 0.4) is 0 Å². The van der Waals surface area contributed by atoms with Gasteiger partial charge in [0, 0.05) is 18.5 Å². The highest BCUT2D eigenvalue weighted by Gasteiger charge is 2.25. The van der Waals surface area contributed by atoms with Gasteiger partial charge in [-0.25, -0.2) is 0 Å². The molecule has 2 rings (SSSR count). The molecule has 3 N–H and O–H groups in total. The summed E-state index contributed by atoms with van der Waals surface area (Å²) in [6.07, 6.45) is 6.41. The van der Waals surface area contributed by atoms with Crippen molar-refractivity contribution in [1.82, 2.24) is 5.32 Å². The monoisotopic (exact) mass is 310 g/mol. The maximum atomic E-state index is 12.2. The zero-order chi connectivity index (χ0) is 14.4. The number of rotatable bonds is 5. The second-order valence-corrected chi connectivity index (χ2v) is 5.85. The topological polar surface area (TPSA) is 55.1 Å². The van der Waals surface area contributed by atoms with Crippen LogP contribution in [0.1, 0.15) is 57.1 Å². The summed E-state index contributed by atoms with van der Waals surface area (Å²) in [7, 11) is 0. The van der Waals surface area contributed by atoms with E-state index in [9.17, 15) is 4.79 Å². The van der Waals surface area contributed by atoms with Crippen LogP contribution in [-0.4, -0.2) is 11.9 Å². The molecule has 1 amide bonds. The Kier molecular flexibility index (Phi) is 7.76. The first kappa shape index (κ1) is 18.0. The summed E-state index contributed by atoms with van der Waals surface area (Å²) in [6.45, 7) is 2.21. The minimum Gasteiger partial charge on any atom is -0.353 e. The fourth-order valence-corrected chi connectivity index (χ4v) is 3.17. The molecule has 1 aromatic carbocycles. The molecule has 0 aliphatic heterocycles. The Hall–Kier alpha value is -1.06. The van der Waals surface area contributed by atoms with Crippen molar-refractivity contribution >= 4 is 18.3 Å². The molecule has 118 valence electrons. The summed E-state index contributed by atoms with van der Waals surface area (Å²) in [6, 6.07) is 9.98. The zero-order valence-electron chi connectivity index (χ0n) is 12.8. The van der Waals surface area contributed by atoms with Gasteiger partial charge in [-0.2, -0.15) is 0 Å². The normalized spacial score (nSPS) is 23.0. The average Bonchev–Trinajstić information content (AvgIpc) is 2.48. The van der Waals surface area contributed by atoms with E-state index in [0.717, 1.165) is 18.4 Å². The minimum absolute atomic E-state index is 0. The minimum atomic E-state index is -0.208. The van der Waals surface area contributed by atoms with Crippen molar-refractivity contribution in [1.29, 1.82) is 0 Å². The number of amides is 1. The fourth-order valence-electron chi connectivity index (χ4n) is 3.17. The molecule has 0 radical (unpaired) electrons. The number of nitrogens with two attached hydrogens (primary N) is 1. The Balaban J connectivity index is 0.00000220.